The zero-order valence-electron chi connectivity index (χ0n) is 9.13. The van der Waals surface area contributed by atoms with Gasteiger partial charge in [0.2, 0.25) is 0 Å². The molecule has 0 bridgehead atoms. The van der Waals surface area contributed by atoms with E-state index >= 15 is 0 Å². The summed E-state index contributed by atoms with van der Waals surface area (Å²) in [7, 11) is 2.18. The first kappa shape index (κ1) is 12.7. The van der Waals surface area contributed by atoms with Crippen LogP contribution in [-0.4, -0.2) is 31.6 Å². The molecule has 0 amide bonds. The molecule has 2 N–H and O–H groups in total. The lowest BCUT2D eigenvalue weighted by Crippen LogP contribution is -2.26. The summed E-state index contributed by atoms with van der Waals surface area (Å²) in [6.07, 6.45) is 5.45. The van der Waals surface area contributed by atoms with Crippen molar-refractivity contribution in [1.82, 2.24) is 4.90 Å². The van der Waals surface area contributed by atoms with E-state index in [1.54, 1.807) is 0 Å². The van der Waals surface area contributed by atoms with Gasteiger partial charge in [-0.3, -0.25) is 0 Å². The van der Waals surface area contributed by atoms with Crippen molar-refractivity contribution in [2.24, 2.45) is 11.7 Å². The maximum atomic E-state index is 5.50. The van der Waals surface area contributed by atoms with Crippen molar-refractivity contribution in [1.29, 1.82) is 0 Å². The highest BCUT2D eigenvalue weighted by Crippen LogP contribution is 2.03. The van der Waals surface area contributed by atoms with E-state index in [2.05, 4.69) is 25.5 Å². The van der Waals surface area contributed by atoms with Crippen LogP contribution in [0.3, 0.4) is 0 Å². The van der Waals surface area contributed by atoms with Gasteiger partial charge in [-0.2, -0.15) is 0 Å². The predicted octanol–water partition coefficient (Wildman–Crippen LogP) is 1.87. The highest BCUT2D eigenvalue weighted by molar-refractivity contribution is 4.67. The molecule has 0 spiro atoms. The van der Waals surface area contributed by atoms with E-state index in [-0.39, 0.29) is 0 Å². The van der Waals surface area contributed by atoms with Gasteiger partial charge in [0.05, 0.1) is 0 Å². The van der Waals surface area contributed by atoms with Gasteiger partial charge in [-0.15, -0.1) is 6.58 Å². The minimum Gasteiger partial charge on any atom is -0.330 e. The summed E-state index contributed by atoms with van der Waals surface area (Å²) in [5, 5.41) is 0. The second-order valence-corrected chi connectivity index (χ2v) is 3.88. The van der Waals surface area contributed by atoms with Crippen molar-refractivity contribution in [3.8, 4) is 0 Å². The molecule has 0 fully saturated rings. The van der Waals surface area contributed by atoms with Crippen LogP contribution in [0.1, 0.15) is 26.2 Å². The normalized spacial score (nSPS) is 13.2. The van der Waals surface area contributed by atoms with Crippen LogP contribution in [0, 0.1) is 5.92 Å². The fraction of sp³-hybridized carbons (Fsp3) is 0.818. The molecule has 0 aromatic heterocycles. The fourth-order valence-corrected chi connectivity index (χ4v) is 1.50. The van der Waals surface area contributed by atoms with Crippen LogP contribution in [0.4, 0.5) is 0 Å². The molecule has 0 aliphatic carbocycles. The topological polar surface area (TPSA) is 29.3 Å². The summed E-state index contributed by atoms with van der Waals surface area (Å²) in [6.45, 7) is 9.11. The van der Waals surface area contributed by atoms with Crippen molar-refractivity contribution in [3.05, 3.63) is 12.7 Å². The Balaban J connectivity index is 3.37. The first-order valence-electron chi connectivity index (χ1n) is 5.20. The Hall–Kier alpha value is -0.340. The number of nitrogens with zero attached hydrogens (tertiary/aromatic N) is 1. The van der Waals surface area contributed by atoms with Crippen LogP contribution in [0.5, 0.6) is 0 Å². The molecule has 78 valence electrons. The number of nitrogens with two attached hydrogens (primary N) is 1. The zero-order chi connectivity index (χ0) is 10.1. The van der Waals surface area contributed by atoms with Gasteiger partial charge in [-0.1, -0.05) is 13.0 Å². The highest BCUT2D eigenvalue weighted by atomic mass is 15.1. The number of hydrogen-bond donors (Lipinski definition) is 1. The Morgan fingerprint density at radius 3 is 2.77 bits per heavy atom. The molecule has 0 heterocycles. The van der Waals surface area contributed by atoms with E-state index in [1.807, 2.05) is 6.08 Å². The maximum absolute atomic E-state index is 5.50. The Morgan fingerprint density at radius 1 is 1.54 bits per heavy atom. The smallest absolute Gasteiger partial charge is 0.000444 e. The lowest BCUT2D eigenvalue weighted by molar-refractivity contribution is 0.277. The van der Waals surface area contributed by atoms with E-state index in [9.17, 15) is 0 Å². The number of allylic oxidation sites excluding steroid dienone is 1. The molecule has 0 aliphatic rings. The maximum Gasteiger partial charge on any atom is 0.000444 e. The lowest BCUT2D eigenvalue weighted by Gasteiger charge is -2.20. The van der Waals surface area contributed by atoms with Gasteiger partial charge < -0.3 is 10.6 Å². The molecule has 0 saturated heterocycles. The van der Waals surface area contributed by atoms with Crippen LogP contribution in [-0.2, 0) is 0 Å². The third-order valence-corrected chi connectivity index (χ3v) is 2.23. The van der Waals surface area contributed by atoms with Gasteiger partial charge in [-0.25, -0.2) is 0 Å². The second-order valence-electron chi connectivity index (χ2n) is 3.88. The molecule has 2 nitrogen and oxygen atoms in total. The molecule has 0 saturated carbocycles. The SMILES string of the molecule is C=CCCCN(C)CC(C)CCN. The standard InChI is InChI=1S/C11H24N2/c1-4-5-6-9-13(3)10-11(2)7-8-12/h4,11H,1,5-10,12H2,2-3H3. The van der Waals surface area contributed by atoms with Gasteiger partial charge in [0.15, 0.2) is 0 Å². The minimum atomic E-state index is 0.721. The summed E-state index contributed by atoms with van der Waals surface area (Å²) in [6, 6.07) is 0. The summed E-state index contributed by atoms with van der Waals surface area (Å²) in [5.41, 5.74) is 5.50. The fourth-order valence-electron chi connectivity index (χ4n) is 1.50. The molecular weight excluding hydrogens is 160 g/mol. The van der Waals surface area contributed by atoms with Crippen molar-refractivity contribution < 1.29 is 0 Å². The van der Waals surface area contributed by atoms with Gasteiger partial charge in [-0.05, 0) is 45.3 Å². The van der Waals surface area contributed by atoms with E-state index < -0.39 is 0 Å². The Labute approximate surface area is 82.8 Å². The van der Waals surface area contributed by atoms with Gasteiger partial charge in [0, 0.05) is 6.54 Å². The third kappa shape index (κ3) is 8.00. The molecule has 0 radical (unpaired) electrons. The molecule has 13 heavy (non-hydrogen) atoms. The number of hydrogen-bond acceptors (Lipinski definition) is 2. The quantitative estimate of drug-likeness (QED) is 0.461. The number of rotatable bonds is 8. The number of unbranched alkanes of at least 4 members (excludes halogenated alkanes) is 1. The van der Waals surface area contributed by atoms with E-state index in [4.69, 9.17) is 5.73 Å². The van der Waals surface area contributed by atoms with Crippen molar-refractivity contribution in [2.45, 2.75) is 26.2 Å². The van der Waals surface area contributed by atoms with Crippen molar-refractivity contribution in [3.63, 3.8) is 0 Å². The highest BCUT2D eigenvalue weighted by Gasteiger charge is 2.04. The molecule has 2 heteroatoms. The lowest BCUT2D eigenvalue weighted by atomic mass is 10.1. The van der Waals surface area contributed by atoms with Crippen molar-refractivity contribution in [2.75, 3.05) is 26.7 Å². The minimum absolute atomic E-state index is 0.721. The zero-order valence-corrected chi connectivity index (χ0v) is 9.13. The Kier molecular flexibility index (Phi) is 8.05. The van der Waals surface area contributed by atoms with Crippen LogP contribution < -0.4 is 5.73 Å². The summed E-state index contributed by atoms with van der Waals surface area (Å²) in [5.74, 6) is 0.721. The van der Waals surface area contributed by atoms with Crippen LogP contribution in [0.2, 0.25) is 0 Å². The molecule has 1 atom stereocenters. The van der Waals surface area contributed by atoms with Gasteiger partial charge in [0.25, 0.3) is 0 Å². The van der Waals surface area contributed by atoms with E-state index in [0.717, 1.165) is 31.8 Å². The third-order valence-electron chi connectivity index (χ3n) is 2.23. The first-order chi connectivity index (χ1) is 6.20. The van der Waals surface area contributed by atoms with E-state index in [1.165, 1.54) is 13.0 Å². The van der Waals surface area contributed by atoms with Gasteiger partial charge in [0.1, 0.15) is 0 Å². The molecule has 1 unspecified atom stereocenters. The molecule has 0 aromatic carbocycles. The average Bonchev–Trinajstić information content (AvgIpc) is 2.05. The average molecular weight is 184 g/mol. The predicted molar refractivity (Wildman–Crippen MR) is 59.8 cm³/mol. The summed E-state index contributed by atoms with van der Waals surface area (Å²) in [4.78, 5) is 2.38. The van der Waals surface area contributed by atoms with E-state index in [0.29, 0.717) is 0 Å². The van der Waals surface area contributed by atoms with Crippen molar-refractivity contribution >= 4 is 0 Å². The Bertz CT molecular complexity index is 123. The second kappa shape index (κ2) is 8.27. The Morgan fingerprint density at radius 2 is 2.23 bits per heavy atom. The molecule has 0 rings (SSSR count). The molecule has 0 aromatic rings. The summed E-state index contributed by atoms with van der Waals surface area (Å²) >= 11 is 0. The van der Waals surface area contributed by atoms with Crippen LogP contribution in [0.25, 0.3) is 0 Å². The monoisotopic (exact) mass is 184 g/mol. The van der Waals surface area contributed by atoms with Crippen LogP contribution in [0.15, 0.2) is 12.7 Å². The summed E-state index contributed by atoms with van der Waals surface area (Å²) < 4.78 is 0. The molecule has 0 aliphatic heterocycles. The first-order valence-corrected chi connectivity index (χ1v) is 5.20. The largest absolute Gasteiger partial charge is 0.330 e. The van der Waals surface area contributed by atoms with Crippen LogP contribution >= 0.6 is 0 Å². The molecular formula is C11H24N2. The van der Waals surface area contributed by atoms with Gasteiger partial charge >= 0.3 is 0 Å².